The van der Waals surface area contributed by atoms with E-state index >= 15 is 0 Å². The lowest BCUT2D eigenvalue weighted by atomic mass is 9.96. The Bertz CT molecular complexity index is 1040. The van der Waals surface area contributed by atoms with E-state index in [1.807, 2.05) is 0 Å². The molecule has 1 aliphatic rings. The van der Waals surface area contributed by atoms with E-state index in [-0.39, 0.29) is 16.5 Å². The van der Waals surface area contributed by atoms with Crippen molar-refractivity contribution in [2.45, 2.75) is 19.4 Å². The molecule has 3 rings (SSSR count). The van der Waals surface area contributed by atoms with Gasteiger partial charge in [0, 0.05) is 6.07 Å². The van der Waals surface area contributed by atoms with Crippen LogP contribution in [0.5, 0.6) is 0 Å². The summed E-state index contributed by atoms with van der Waals surface area (Å²) < 4.78 is 5.03. The van der Waals surface area contributed by atoms with Crippen LogP contribution in [0.1, 0.15) is 24.2 Å². The van der Waals surface area contributed by atoms with E-state index in [1.165, 1.54) is 17.0 Å². The summed E-state index contributed by atoms with van der Waals surface area (Å²) in [4.78, 5) is 49.0. The number of carbonyl (C=O) groups is 3. The molecule has 0 unspecified atom stereocenters. The second-order valence-corrected chi connectivity index (χ2v) is 7.17. The molecule has 0 saturated heterocycles. The molecule has 0 radical (unpaired) electrons. The summed E-state index contributed by atoms with van der Waals surface area (Å²) in [5.41, 5.74) is -0.845. The highest BCUT2D eigenvalue weighted by molar-refractivity contribution is 6.32. The second-order valence-electron chi connectivity index (χ2n) is 6.76. The van der Waals surface area contributed by atoms with Crippen LogP contribution in [0.2, 0.25) is 5.02 Å². The van der Waals surface area contributed by atoms with Gasteiger partial charge in [-0.3, -0.25) is 24.6 Å². The van der Waals surface area contributed by atoms with Crippen LogP contribution >= 0.6 is 11.6 Å². The lowest BCUT2D eigenvalue weighted by Gasteiger charge is -2.41. The van der Waals surface area contributed by atoms with Gasteiger partial charge in [-0.15, -0.1) is 0 Å². The minimum atomic E-state index is -1.21. The third-order valence-electron chi connectivity index (χ3n) is 4.46. The summed E-state index contributed by atoms with van der Waals surface area (Å²) >= 11 is 5.73. The first-order chi connectivity index (χ1) is 13.6. The van der Waals surface area contributed by atoms with E-state index in [2.05, 4.69) is 5.32 Å². The average Bonchev–Trinajstić information content (AvgIpc) is 2.66. The standard InChI is InChI=1S/C19H16ClN3O6/c1-19(2)18(26)21-13-5-3-4-6-14(13)22(19)16(24)10-29-17(25)11-7-8-12(20)15(9-11)23(27)28/h3-9H,10H2,1-2H3,(H,21,26). The normalized spacial score (nSPS) is 14.6. The molecule has 0 bridgehead atoms. The number of amides is 2. The Morgan fingerprint density at radius 2 is 1.93 bits per heavy atom. The third-order valence-corrected chi connectivity index (χ3v) is 4.78. The van der Waals surface area contributed by atoms with Crippen LogP contribution in [0.25, 0.3) is 0 Å². The predicted octanol–water partition coefficient (Wildman–Crippen LogP) is 3.17. The number of carbonyl (C=O) groups excluding carboxylic acids is 3. The van der Waals surface area contributed by atoms with E-state index in [1.54, 1.807) is 38.1 Å². The van der Waals surface area contributed by atoms with Crippen molar-refractivity contribution in [2.75, 3.05) is 16.8 Å². The highest BCUT2D eigenvalue weighted by Crippen LogP contribution is 2.36. The maximum absolute atomic E-state index is 12.8. The van der Waals surface area contributed by atoms with Gasteiger partial charge < -0.3 is 10.1 Å². The van der Waals surface area contributed by atoms with Crippen LogP contribution in [0.4, 0.5) is 17.1 Å². The van der Waals surface area contributed by atoms with Gasteiger partial charge in [0.2, 0.25) is 5.91 Å². The SMILES string of the molecule is CC1(C)C(=O)Nc2ccccc2N1C(=O)COC(=O)c1ccc(Cl)c([N+](=O)[O-])c1. The molecule has 2 aromatic carbocycles. The molecule has 0 saturated carbocycles. The maximum Gasteiger partial charge on any atom is 0.338 e. The molecule has 0 aliphatic carbocycles. The van der Waals surface area contributed by atoms with Crippen molar-refractivity contribution in [3.63, 3.8) is 0 Å². The fourth-order valence-corrected chi connectivity index (χ4v) is 3.14. The molecule has 0 spiro atoms. The molecule has 1 heterocycles. The summed E-state index contributed by atoms with van der Waals surface area (Å²) in [6, 6.07) is 10.2. The number of nitrogens with zero attached hydrogens (tertiary/aromatic N) is 2. The lowest BCUT2D eigenvalue weighted by Crippen LogP contribution is -2.59. The average molecular weight is 418 g/mol. The van der Waals surface area contributed by atoms with E-state index in [4.69, 9.17) is 16.3 Å². The van der Waals surface area contributed by atoms with Crippen molar-refractivity contribution >= 4 is 46.4 Å². The number of nitrogens with one attached hydrogen (secondary N) is 1. The summed E-state index contributed by atoms with van der Waals surface area (Å²) in [6.07, 6.45) is 0. The molecule has 2 amide bonds. The van der Waals surface area contributed by atoms with E-state index < -0.39 is 34.6 Å². The summed E-state index contributed by atoms with van der Waals surface area (Å²) in [7, 11) is 0. The monoisotopic (exact) mass is 417 g/mol. The zero-order valence-corrected chi connectivity index (χ0v) is 16.2. The summed E-state index contributed by atoms with van der Waals surface area (Å²) in [5.74, 6) is -1.93. The van der Waals surface area contributed by atoms with Gasteiger partial charge in [0.05, 0.1) is 21.9 Å². The Hall–Kier alpha value is -3.46. The van der Waals surface area contributed by atoms with Crippen LogP contribution in [0.3, 0.4) is 0 Å². The Kier molecular flexibility index (Phi) is 5.25. The molecule has 1 aliphatic heterocycles. The van der Waals surface area contributed by atoms with Crippen LogP contribution in [-0.2, 0) is 14.3 Å². The Balaban J connectivity index is 1.80. The fraction of sp³-hybridized carbons (Fsp3) is 0.211. The van der Waals surface area contributed by atoms with Gasteiger partial charge >= 0.3 is 5.97 Å². The van der Waals surface area contributed by atoms with Crippen LogP contribution in [-0.4, -0.2) is 34.9 Å². The van der Waals surface area contributed by atoms with Gasteiger partial charge in [0.15, 0.2) is 6.61 Å². The molecule has 10 heteroatoms. The first kappa shape index (κ1) is 20.3. The maximum atomic E-state index is 12.8. The molecular formula is C19H16ClN3O6. The second kappa shape index (κ2) is 7.51. The molecule has 29 heavy (non-hydrogen) atoms. The zero-order valence-electron chi connectivity index (χ0n) is 15.5. The van der Waals surface area contributed by atoms with Crippen molar-refractivity contribution in [1.82, 2.24) is 0 Å². The Morgan fingerprint density at radius 3 is 2.62 bits per heavy atom. The number of hydrogen-bond donors (Lipinski definition) is 1. The lowest BCUT2D eigenvalue weighted by molar-refractivity contribution is -0.384. The van der Waals surface area contributed by atoms with Gasteiger partial charge in [-0.05, 0) is 38.1 Å². The van der Waals surface area contributed by atoms with Crippen molar-refractivity contribution in [2.24, 2.45) is 0 Å². The number of fused-ring (bicyclic) bond motifs is 1. The number of esters is 1. The van der Waals surface area contributed by atoms with Crippen LogP contribution < -0.4 is 10.2 Å². The highest BCUT2D eigenvalue weighted by Gasteiger charge is 2.43. The zero-order chi connectivity index (χ0) is 21.3. The number of halogens is 1. The topological polar surface area (TPSA) is 119 Å². The highest BCUT2D eigenvalue weighted by atomic mass is 35.5. The fourth-order valence-electron chi connectivity index (χ4n) is 2.95. The van der Waals surface area contributed by atoms with Crippen molar-refractivity contribution in [1.29, 1.82) is 0 Å². The van der Waals surface area contributed by atoms with Gasteiger partial charge in [0.1, 0.15) is 10.6 Å². The summed E-state index contributed by atoms with van der Waals surface area (Å²) in [5, 5.41) is 13.6. The molecule has 0 atom stereocenters. The number of para-hydroxylation sites is 2. The molecule has 150 valence electrons. The van der Waals surface area contributed by atoms with Crippen molar-refractivity contribution in [3.8, 4) is 0 Å². The smallest absolute Gasteiger partial charge is 0.338 e. The van der Waals surface area contributed by atoms with E-state index in [0.29, 0.717) is 11.4 Å². The minimum Gasteiger partial charge on any atom is -0.452 e. The Morgan fingerprint density at radius 1 is 1.24 bits per heavy atom. The van der Waals surface area contributed by atoms with Crippen molar-refractivity contribution in [3.05, 3.63) is 63.2 Å². The minimum absolute atomic E-state index is 0.120. The molecular weight excluding hydrogens is 402 g/mol. The quantitative estimate of drug-likeness (QED) is 0.463. The third kappa shape index (κ3) is 3.77. The molecule has 1 N–H and O–H groups in total. The Labute approximate surface area is 170 Å². The van der Waals surface area contributed by atoms with E-state index in [0.717, 1.165) is 6.07 Å². The molecule has 0 fully saturated rings. The number of nitro benzene ring substituents is 1. The molecule has 2 aromatic rings. The van der Waals surface area contributed by atoms with E-state index in [9.17, 15) is 24.5 Å². The number of rotatable bonds is 4. The van der Waals surface area contributed by atoms with Crippen molar-refractivity contribution < 1.29 is 24.0 Å². The first-order valence-corrected chi connectivity index (χ1v) is 8.85. The van der Waals surface area contributed by atoms with Gasteiger partial charge in [0.25, 0.3) is 11.6 Å². The van der Waals surface area contributed by atoms with Crippen LogP contribution in [0, 0.1) is 10.1 Å². The van der Waals surface area contributed by atoms with Crippen LogP contribution in [0.15, 0.2) is 42.5 Å². The number of anilines is 2. The number of hydrogen-bond acceptors (Lipinski definition) is 6. The number of ether oxygens (including phenoxy) is 1. The first-order valence-electron chi connectivity index (χ1n) is 8.47. The largest absolute Gasteiger partial charge is 0.452 e. The van der Waals surface area contributed by atoms with Gasteiger partial charge in [-0.1, -0.05) is 23.7 Å². The van der Waals surface area contributed by atoms with Gasteiger partial charge in [-0.25, -0.2) is 4.79 Å². The summed E-state index contributed by atoms with van der Waals surface area (Å²) in [6.45, 7) is 2.49. The van der Waals surface area contributed by atoms with Gasteiger partial charge in [-0.2, -0.15) is 0 Å². The predicted molar refractivity (Wildman–Crippen MR) is 105 cm³/mol. The molecule has 9 nitrogen and oxygen atoms in total. The molecule has 0 aromatic heterocycles. The number of nitro groups is 1. The number of benzene rings is 2.